The summed E-state index contributed by atoms with van der Waals surface area (Å²) < 4.78 is 5.01. The minimum atomic E-state index is -0.326. The van der Waals surface area contributed by atoms with E-state index in [9.17, 15) is 15.0 Å². The van der Waals surface area contributed by atoms with E-state index >= 15 is 0 Å². The summed E-state index contributed by atoms with van der Waals surface area (Å²) >= 11 is 0. The van der Waals surface area contributed by atoms with Gasteiger partial charge >= 0.3 is 0 Å². The molecule has 2 aromatic rings. The molecule has 0 aliphatic heterocycles. The zero-order chi connectivity index (χ0) is 18.8. The summed E-state index contributed by atoms with van der Waals surface area (Å²) in [4.78, 5) is 11.8. The smallest absolute Gasteiger partial charge is 0.182 e. The van der Waals surface area contributed by atoms with Crippen molar-refractivity contribution >= 4 is 17.9 Å². The van der Waals surface area contributed by atoms with Crippen LogP contribution in [-0.4, -0.2) is 23.1 Å². The summed E-state index contributed by atoms with van der Waals surface area (Å²) in [5.74, 6) is -0.125. The third-order valence-corrected chi connectivity index (χ3v) is 3.40. The predicted octanol–water partition coefficient (Wildman–Crippen LogP) is 4.69. The first-order valence-corrected chi connectivity index (χ1v) is 7.98. The molecule has 0 radical (unpaired) electrons. The molecule has 0 spiro atoms. The van der Waals surface area contributed by atoms with Gasteiger partial charge in [-0.05, 0) is 35.4 Å². The van der Waals surface area contributed by atoms with Crippen molar-refractivity contribution in [1.29, 1.82) is 0 Å². The van der Waals surface area contributed by atoms with Crippen LogP contribution in [0.2, 0.25) is 0 Å². The molecule has 0 aliphatic rings. The van der Waals surface area contributed by atoms with Gasteiger partial charge in [0.1, 0.15) is 5.76 Å². The fraction of sp³-hybridized carbons (Fsp3) is 0.0455. The van der Waals surface area contributed by atoms with Crippen molar-refractivity contribution in [2.75, 3.05) is 7.11 Å². The van der Waals surface area contributed by atoms with Gasteiger partial charge in [0.05, 0.1) is 7.11 Å². The molecule has 0 saturated heterocycles. The maximum absolute atomic E-state index is 11.8. The molecule has 0 heterocycles. The molecule has 0 atom stereocenters. The zero-order valence-electron chi connectivity index (χ0n) is 14.4. The van der Waals surface area contributed by atoms with Crippen LogP contribution in [0, 0.1) is 0 Å². The Balaban J connectivity index is 1.94. The molecule has 0 saturated carbocycles. The number of ketones is 1. The number of carbonyl (C=O) groups is 1. The van der Waals surface area contributed by atoms with E-state index in [0.29, 0.717) is 11.3 Å². The summed E-state index contributed by atoms with van der Waals surface area (Å²) in [6.45, 7) is 0. The van der Waals surface area contributed by atoms with Gasteiger partial charge in [0.15, 0.2) is 17.3 Å². The molecule has 26 heavy (non-hydrogen) atoms. The first kappa shape index (κ1) is 18.8. The van der Waals surface area contributed by atoms with Crippen LogP contribution < -0.4 is 4.74 Å². The minimum Gasteiger partial charge on any atom is -0.508 e. The lowest BCUT2D eigenvalue weighted by molar-refractivity contribution is -0.110. The van der Waals surface area contributed by atoms with Crippen LogP contribution in [-0.2, 0) is 4.79 Å². The van der Waals surface area contributed by atoms with Crippen molar-refractivity contribution in [2.45, 2.75) is 0 Å². The minimum absolute atomic E-state index is 0.0355. The fourth-order valence-electron chi connectivity index (χ4n) is 2.10. The Kier molecular flexibility index (Phi) is 7.01. The number of aliphatic hydroxyl groups is 1. The number of phenolic OH excluding ortho intramolecular Hbond substituents is 1. The number of benzene rings is 2. The van der Waals surface area contributed by atoms with Crippen molar-refractivity contribution in [1.82, 2.24) is 0 Å². The summed E-state index contributed by atoms with van der Waals surface area (Å²) in [6, 6.07) is 14.5. The number of hydrogen-bond donors (Lipinski definition) is 2. The van der Waals surface area contributed by atoms with Crippen LogP contribution in [0.25, 0.3) is 12.2 Å². The van der Waals surface area contributed by atoms with Gasteiger partial charge in [0, 0.05) is 6.08 Å². The van der Waals surface area contributed by atoms with Gasteiger partial charge in [-0.15, -0.1) is 0 Å². The standard InChI is InChI=1S/C22H20O4/c1-26-22-15-18(12-14-21(22)25)11-13-20(24)16-19(23)10-6-5-9-17-7-3-2-4-8-17/h2-16,24-25H,1H3/b9-5+,10-6+,13-11+,20-16-. The van der Waals surface area contributed by atoms with Gasteiger partial charge in [-0.3, -0.25) is 4.79 Å². The second kappa shape index (κ2) is 9.69. The molecular weight excluding hydrogens is 328 g/mol. The first-order valence-electron chi connectivity index (χ1n) is 7.98. The highest BCUT2D eigenvalue weighted by atomic mass is 16.5. The highest BCUT2D eigenvalue weighted by Gasteiger charge is 2.00. The van der Waals surface area contributed by atoms with Crippen LogP contribution in [0.4, 0.5) is 0 Å². The third-order valence-electron chi connectivity index (χ3n) is 3.40. The molecule has 2 aromatic carbocycles. The van der Waals surface area contributed by atoms with Crippen molar-refractivity contribution < 1.29 is 19.7 Å². The Bertz CT molecular complexity index is 859. The summed E-state index contributed by atoms with van der Waals surface area (Å²) in [7, 11) is 1.46. The fourth-order valence-corrected chi connectivity index (χ4v) is 2.10. The zero-order valence-corrected chi connectivity index (χ0v) is 14.4. The van der Waals surface area contributed by atoms with Crippen LogP contribution in [0.1, 0.15) is 11.1 Å². The predicted molar refractivity (Wildman–Crippen MR) is 104 cm³/mol. The molecular formula is C22H20O4. The van der Waals surface area contributed by atoms with E-state index < -0.39 is 0 Å². The Hall–Kier alpha value is -3.53. The van der Waals surface area contributed by atoms with E-state index in [1.165, 1.54) is 25.3 Å². The lowest BCUT2D eigenvalue weighted by Crippen LogP contribution is -1.88. The van der Waals surface area contributed by atoms with Crippen LogP contribution in [0.15, 0.2) is 84.7 Å². The van der Waals surface area contributed by atoms with Crippen LogP contribution in [0.3, 0.4) is 0 Å². The molecule has 0 bridgehead atoms. The number of carbonyl (C=O) groups excluding carboxylic acids is 1. The number of hydrogen-bond acceptors (Lipinski definition) is 4. The number of allylic oxidation sites excluding steroid dienone is 5. The second-order valence-electron chi connectivity index (χ2n) is 5.37. The van der Waals surface area contributed by atoms with E-state index in [1.807, 2.05) is 36.4 Å². The number of aliphatic hydroxyl groups excluding tert-OH is 1. The highest BCUT2D eigenvalue weighted by molar-refractivity contribution is 6.00. The molecule has 0 aliphatic carbocycles. The second-order valence-corrected chi connectivity index (χ2v) is 5.37. The summed E-state index contributed by atoms with van der Waals surface area (Å²) in [5.41, 5.74) is 1.75. The molecule has 0 fully saturated rings. The molecule has 2 rings (SSSR count). The van der Waals surface area contributed by atoms with Gasteiger partial charge in [0.25, 0.3) is 0 Å². The third kappa shape index (κ3) is 6.17. The molecule has 2 N–H and O–H groups in total. The summed E-state index contributed by atoms with van der Waals surface area (Å²) in [5, 5.41) is 19.4. The van der Waals surface area contributed by atoms with Gasteiger partial charge in [-0.2, -0.15) is 0 Å². The highest BCUT2D eigenvalue weighted by Crippen LogP contribution is 2.26. The van der Waals surface area contributed by atoms with E-state index in [2.05, 4.69) is 0 Å². The van der Waals surface area contributed by atoms with Crippen molar-refractivity contribution in [3.8, 4) is 11.5 Å². The quantitative estimate of drug-likeness (QED) is 0.433. The number of ether oxygens (including phenoxy) is 1. The van der Waals surface area contributed by atoms with Crippen molar-refractivity contribution in [3.63, 3.8) is 0 Å². The lowest BCUT2D eigenvalue weighted by Gasteiger charge is -2.03. The molecule has 132 valence electrons. The van der Waals surface area contributed by atoms with E-state index in [1.54, 1.807) is 30.4 Å². The molecule has 4 heteroatoms. The van der Waals surface area contributed by atoms with Crippen LogP contribution in [0.5, 0.6) is 11.5 Å². The van der Waals surface area contributed by atoms with Gasteiger partial charge < -0.3 is 14.9 Å². The lowest BCUT2D eigenvalue weighted by atomic mass is 10.1. The Morgan fingerprint density at radius 2 is 1.73 bits per heavy atom. The van der Waals surface area contributed by atoms with E-state index in [0.717, 1.165) is 11.6 Å². The topological polar surface area (TPSA) is 66.8 Å². The maximum Gasteiger partial charge on any atom is 0.182 e. The Morgan fingerprint density at radius 3 is 2.46 bits per heavy atom. The van der Waals surface area contributed by atoms with Gasteiger partial charge in [-0.1, -0.05) is 60.7 Å². The molecule has 0 aromatic heterocycles. The van der Waals surface area contributed by atoms with Crippen molar-refractivity contribution in [2.24, 2.45) is 0 Å². The monoisotopic (exact) mass is 348 g/mol. The average Bonchev–Trinajstić information content (AvgIpc) is 2.65. The maximum atomic E-state index is 11.8. The van der Waals surface area contributed by atoms with Crippen LogP contribution >= 0.6 is 0 Å². The Morgan fingerprint density at radius 1 is 0.962 bits per heavy atom. The van der Waals surface area contributed by atoms with Gasteiger partial charge in [0.2, 0.25) is 0 Å². The Labute approximate surface area is 152 Å². The number of methoxy groups -OCH3 is 1. The van der Waals surface area contributed by atoms with Crippen molar-refractivity contribution in [3.05, 3.63) is 95.8 Å². The first-order chi connectivity index (χ1) is 12.6. The molecule has 0 unspecified atom stereocenters. The molecule has 4 nitrogen and oxygen atoms in total. The van der Waals surface area contributed by atoms with E-state index in [4.69, 9.17) is 4.74 Å². The summed E-state index contributed by atoms with van der Waals surface area (Å²) in [6.07, 6.45) is 10.8. The number of phenols is 1. The SMILES string of the molecule is COc1cc(/C=C/C(O)=C/C(=O)/C=C/C=C/c2ccccc2)ccc1O. The van der Waals surface area contributed by atoms with Gasteiger partial charge in [-0.25, -0.2) is 0 Å². The number of aromatic hydroxyl groups is 1. The normalized spacial score (nSPS) is 12.3. The number of rotatable bonds is 7. The van der Waals surface area contributed by atoms with E-state index in [-0.39, 0.29) is 17.3 Å². The average molecular weight is 348 g/mol. The molecule has 0 amide bonds. The largest absolute Gasteiger partial charge is 0.508 e.